The van der Waals surface area contributed by atoms with E-state index < -0.39 is 0 Å². The maximum Gasteiger partial charge on any atom is 0.216 e. The molecule has 0 heterocycles. The van der Waals surface area contributed by atoms with E-state index in [1.54, 1.807) is 31.4 Å². The van der Waals surface area contributed by atoms with E-state index in [0.717, 1.165) is 16.2 Å². The Morgan fingerprint density at radius 1 is 1.10 bits per heavy atom. The molecule has 4 heteroatoms. The summed E-state index contributed by atoms with van der Waals surface area (Å²) in [5.74, 6) is 0.795. The summed E-state index contributed by atoms with van der Waals surface area (Å²) in [6.45, 7) is 0. The predicted molar refractivity (Wildman–Crippen MR) is 84.3 cm³/mol. The smallest absolute Gasteiger partial charge is 0.216 e. The van der Waals surface area contributed by atoms with Crippen LogP contribution in [0.2, 0.25) is 5.02 Å². The Labute approximate surface area is 127 Å². The summed E-state index contributed by atoms with van der Waals surface area (Å²) in [4.78, 5) is 12.7. The number of halogens is 1. The molecule has 2 nitrogen and oxygen atoms in total. The zero-order valence-corrected chi connectivity index (χ0v) is 12.4. The van der Waals surface area contributed by atoms with Crippen LogP contribution >= 0.6 is 23.4 Å². The molecule has 0 bridgehead atoms. The molecule has 2 rings (SSSR count). The van der Waals surface area contributed by atoms with Crippen LogP contribution in [0.3, 0.4) is 0 Å². The number of carbonyl (C=O) groups is 1. The topological polar surface area (TPSA) is 26.3 Å². The Kier molecular flexibility index (Phi) is 5.27. The van der Waals surface area contributed by atoms with E-state index in [-0.39, 0.29) is 5.12 Å². The van der Waals surface area contributed by atoms with Crippen LogP contribution in [0.15, 0.2) is 59.5 Å². The summed E-state index contributed by atoms with van der Waals surface area (Å²) in [6.07, 6.45) is 3.34. The lowest BCUT2D eigenvalue weighted by Gasteiger charge is -1.99. The summed E-state index contributed by atoms with van der Waals surface area (Å²) in [5, 5.41) is 0.638. The molecule has 20 heavy (non-hydrogen) atoms. The van der Waals surface area contributed by atoms with Crippen molar-refractivity contribution in [2.45, 2.75) is 4.90 Å². The lowest BCUT2D eigenvalue weighted by molar-refractivity contribution is -0.106. The van der Waals surface area contributed by atoms with Crippen LogP contribution in [0.4, 0.5) is 0 Å². The molecule has 0 saturated carbocycles. The minimum atomic E-state index is -0.0249. The second kappa shape index (κ2) is 7.17. The van der Waals surface area contributed by atoms with E-state index in [9.17, 15) is 4.79 Å². The third-order valence-corrected chi connectivity index (χ3v) is 3.66. The van der Waals surface area contributed by atoms with E-state index in [0.29, 0.717) is 5.02 Å². The number of hydrogen-bond donors (Lipinski definition) is 0. The molecule has 2 aromatic rings. The molecule has 0 atom stereocenters. The van der Waals surface area contributed by atoms with Crippen LogP contribution in [0, 0.1) is 0 Å². The molecule has 0 saturated heterocycles. The van der Waals surface area contributed by atoms with Gasteiger partial charge >= 0.3 is 0 Å². The average molecular weight is 305 g/mol. The van der Waals surface area contributed by atoms with Gasteiger partial charge < -0.3 is 4.74 Å². The van der Waals surface area contributed by atoms with Gasteiger partial charge in [0.1, 0.15) is 5.75 Å². The standard InChI is InChI=1S/C16H13ClO2S/c1-19-14-7-2-12(3-8-14)4-11-16(18)20-15-9-5-13(17)6-10-15/h2-11H,1H3. The summed E-state index contributed by atoms with van der Waals surface area (Å²) in [7, 11) is 1.62. The fraction of sp³-hybridized carbons (Fsp3) is 0.0625. The molecule has 102 valence electrons. The fourth-order valence-corrected chi connectivity index (χ4v) is 2.30. The highest BCUT2D eigenvalue weighted by Crippen LogP contribution is 2.22. The van der Waals surface area contributed by atoms with Crippen LogP contribution in [-0.4, -0.2) is 12.2 Å². The number of thioether (sulfide) groups is 1. The number of ether oxygens (including phenoxy) is 1. The first-order valence-corrected chi connectivity index (χ1v) is 7.16. The second-order valence-electron chi connectivity index (χ2n) is 3.98. The molecule has 0 spiro atoms. The molecule has 0 aromatic heterocycles. The van der Waals surface area contributed by atoms with Crippen molar-refractivity contribution in [1.29, 1.82) is 0 Å². The molecule has 0 aliphatic heterocycles. The number of benzene rings is 2. The van der Waals surface area contributed by atoms with E-state index in [1.807, 2.05) is 36.4 Å². The van der Waals surface area contributed by atoms with E-state index in [1.165, 1.54) is 11.8 Å². The van der Waals surface area contributed by atoms with Gasteiger partial charge in [-0.25, -0.2) is 0 Å². The maximum absolute atomic E-state index is 11.8. The van der Waals surface area contributed by atoms with Gasteiger partial charge in [0.15, 0.2) is 0 Å². The molecule has 0 aliphatic rings. The Hall–Kier alpha value is -1.71. The van der Waals surface area contributed by atoms with Crippen molar-refractivity contribution in [3.05, 3.63) is 65.2 Å². The van der Waals surface area contributed by atoms with E-state index in [4.69, 9.17) is 16.3 Å². The molecule has 0 fully saturated rings. The van der Waals surface area contributed by atoms with Gasteiger partial charge in [0.05, 0.1) is 7.11 Å². The first kappa shape index (κ1) is 14.7. The van der Waals surface area contributed by atoms with Crippen molar-refractivity contribution >= 4 is 34.6 Å². The molecule has 0 N–H and O–H groups in total. The van der Waals surface area contributed by atoms with Gasteiger partial charge in [-0.15, -0.1) is 0 Å². The van der Waals surface area contributed by atoms with Crippen molar-refractivity contribution in [2.75, 3.05) is 7.11 Å². The molecule has 0 radical (unpaired) electrons. The summed E-state index contributed by atoms with van der Waals surface area (Å²) in [6, 6.07) is 14.7. The van der Waals surface area contributed by atoms with Crippen molar-refractivity contribution in [2.24, 2.45) is 0 Å². The Bertz CT molecular complexity index is 603. The van der Waals surface area contributed by atoms with Gasteiger partial charge in [0.2, 0.25) is 5.12 Å². The monoisotopic (exact) mass is 304 g/mol. The molecule has 2 aromatic carbocycles. The molecular weight excluding hydrogens is 292 g/mol. The van der Waals surface area contributed by atoms with Gasteiger partial charge in [0.25, 0.3) is 0 Å². The lowest BCUT2D eigenvalue weighted by Crippen LogP contribution is -1.85. The lowest BCUT2D eigenvalue weighted by atomic mass is 10.2. The molecule has 0 aliphatic carbocycles. The SMILES string of the molecule is COc1ccc(C=CC(=O)Sc2ccc(Cl)cc2)cc1. The highest BCUT2D eigenvalue weighted by molar-refractivity contribution is 8.14. The van der Waals surface area contributed by atoms with Gasteiger partial charge in [-0.1, -0.05) is 29.8 Å². The number of methoxy groups -OCH3 is 1. The third-order valence-electron chi connectivity index (χ3n) is 2.56. The summed E-state index contributed by atoms with van der Waals surface area (Å²) < 4.78 is 5.08. The van der Waals surface area contributed by atoms with Crippen LogP contribution in [0.25, 0.3) is 6.08 Å². The van der Waals surface area contributed by atoms with Gasteiger partial charge in [-0.2, -0.15) is 0 Å². The average Bonchev–Trinajstić information content (AvgIpc) is 2.48. The predicted octanol–water partition coefficient (Wildman–Crippen LogP) is 4.68. The van der Waals surface area contributed by atoms with Crippen molar-refractivity contribution in [1.82, 2.24) is 0 Å². The van der Waals surface area contributed by atoms with Crippen LogP contribution in [0.5, 0.6) is 5.75 Å². The number of rotatable bonds is 4. The molecule has 0 unspecified atom stereocenters. The highest BCUT2D eigenvalue weighted by atomic mass is 35.5. The van der Waals surface area contributed by atoms with Crippen molar-refractivity contribution < 1.29 is 9.53 Å². The summed E-state index contributed by atoms with van der Waals surface area (Å²) in [5.41, 5.74) is 0.954. The van der Waals surface area contributed by atoms with Crippen LogP contribution in [0.1, 0.15) is 5.56 Å². The number of hydrogen-bond acceptors (Lipinski definition) is 3. The minimum Gasteiger partial charge on any atom is -0.497 e. The normalized spacial score (nSPS) is 10.7. The quantitative estimate of drug-likeness (QED) is 0.606. The second-order valence-corrected chi connectivity index (χ2v) is 5.50. The first-order valence-electron chi connectivity index (χ1n) is 5.97. The third kappa shape index (κ3) is 4.44. The maximum atomic E-state index is 11.8. The van der Waals surface area contributed by atoms with Gasteiger partial charge in [-0.3, -0.25) is 4.79 Å². The zero-order valence-electron chi connectivity index (χ0n) is 10.9. The minimum absolute atomic E-state index is 0.0249. The largest absolute Gasteiger partial charge is 0.497 e. The molecular formula is C16H13ClO2S. The van der Waals surface area contributed by atoms with Gasteiger partial charge in [0, 0.05) is 9.92 Å². The van der Waals surface area contributed by atoms with E-state index >= 15 is 0 Å². The highest BCUT2D eigenvalue weighted by Gasteiger charge is 2.00. The first-order chi connectivity index (χ1) is 9.67. The van der Waals surface area contributed by atoms with Gasteiger partial charge in [-0.05, 0) is 59.8 Å². The van der Waals surface area contributed by atoms with Crippen molar-refractivity contribution in [3.63, 3.8) is 0 Å². The van der Waals surface area contributed by atoms with Crippen molar-refractivity contribution in [3.8, 4) is 5.75 Å². The fourth-order valence-electron chi connectivity index (χ4n) is 1.53. The summed E-state index contributed by atoms with van der Waals surface area (Å²) >= 11 is 6.97. The molecule has 0 amide bonds. The Morgan fingerprint density at radius 2 is 1.75 bits per heavy atom. The number of carbonyl (C=O) groups excluding carboxylic acids is 1. The zero-order chi connectivity index (χ0) is 14.4. The Morgan fingerprint density at radius 3 is 2.35 bits per heavy atom. The van der Waals surface area contributed by atoms with Crippen LogP contribution in [-0.2, 0) is 4.79 Å². The van der Waals surface area contributed by atoms with Crippen LogP contribution < -0.4 is 4.74 Å². The van der Waals surface area contributed by atoms with E-state index in [2.05, 4.69) is 0 Å². The Balaban J connectivity index is 1.96.